The minimum absolute atomic E-state index is 0.0390. The second-order valence-electron chi connectivity index (χ2n) is 10.2. The summed E-state index contributed by atoms with van der Waals surface area (Å²) in [6.07, 6.45) is 0.470. The topological polar surface area (TPSA) is 144 Å². The number of sulfonamides is 1. The van der Waals surface area contributed by atoms with Crippen LogP contribution in [0.4, 0.5) is 30.2 Å². The second kappa shape index (κ2) is 11.5. The molecular formula is C26H29F2N5O5S2. The van der Waals surface area contributed by atoms with Crippen molar-refractivity contribution < 1.29 is 31.5 Å². The first-order valence-corrected chi connectivity index (χ1v) is 14.7. The molecule has 0 radical (unpaired) electrons. The third-order valence-electron chi connectivity index (χ3n) is 5.93. The van der Waals surface area contributed by atoms with E-state index in [0.29, 0.717) is 31.6 Å². The molecule has 4 rings (SSSR count). The number of thiazole rings is 1. The minimum atomic E-state index is -3.83. The molecule has 40 heavy (non-hydrogen) atoms. The first-order valence-electron chi connectivity index (χ1n) is 12.4. The van der Waals surface area contributed by atoms with Gasteiger partial charge in [-0.15, -0.1) is 0 Å². The number of benzene rings is 2. The number of hydrogen-bond acceptors (Lipinski definition) is 9. The number of rotatable bonds is 7. The highest BCUT2D eigenvalue weighted by Crippen LogP contribution is 2.31. The number of anilines is 3. The lowest BCUT2D eigenvalue weighted by Gasteiger charge is -2.33. The molecule has 1 aliphatic rings. The Morgan fingerprint density at radius 3 is 2.25 bits per heavy atom. The number of hydrogen-bond donors (Lipinski definition) is 3. The van der Waals surface area contributed by atoms with Gasteiger partial charge in [0.05, 0.1) is 10.5 Å². The van der Waals surface area contributed by atoms with E-state index in [1.165, 1.54) is 24.3 Å². The SMILES string of the molecule is CC(C)(C)OC(=O)N1CCC(NS(=O)(=O)c2ccc(Nc3nc(N)c(C(=O)c4c(F)cccc4F)s3)cc2)CC1. The van der Waals surface area contributed by atoms with Crippen molar-refractivity contribution in [2.75, 3.05) is 24.1 Å². The predicted molar refractivity (Wildman–Crippen MR) is 147 cm³/mol. The first-order chi connectivity index (χ1) is 18.7. The molecule has 214 valence electrons. The van der Waals surface area contributed by atoms with Gasteiger partial charge in [-0.05, 0) is 70.0 Å². The van der Waals surface area contributed by atoms with Gasteiger partial charge in [-0.2, -0.15) is 0 Å². The quantitative estimate of drug-likeness (QED) is 0.336. The molecule has 0 atom stereocenters. The van der Waals surface area contributed by atoms with Crippen molar-refractivity contribution in [3.05, 3.63) is 64.5 Å². The van der Waals surface area contributed by atoms with E-state index >= 15 is 0 Å². The predicted octanol–water partition coefficient (Wildman–Crippen LogP) is 4.66. The number of aromatic nitrogens is 1. The number of nitrogens with one attached hydrogen (secondary N) is 2. The number of likely N-dealkylation sites (tertiary alicyclic amines) is 1. The van der Waals surface area contributed by atoms with Crippen molar-refractivity contribution in [2.45, 2.75) is 50.2 Å². The van der Waals surface area contributed by atoms with Crippen LogP contribution in [-0.4, -0.2) is 54.9 Å². The van der Waals surface area contributed by atoms with Crippen molar-refractivity contribution in [1.29, 1.82) is 0 Å². The van der Waals surface area contributed by atoms with E-state index in [9.17, 15) is 26.8 Å². The molecule has 0 unspecified atom stereocenters. The van der Waals surface area contributed by atoms with Gasteiger partial charge in [-0.25, -0.2) is 31.7 Å². The molecule has 1 fully saturated rings. The molecule has 3 aromatic rings. The third kappa shape index (κ3) is 6.92. The van der Waals surface area contributed by atoms with E-state index in [2.05, 4.69) is 15.0 Å². The molecule has 14 heteroatoms. The average molecular weight is 594 g/mol. The molecule has 0 bridgehead atoms. The highest BCUT2D eigenvalue weighted by atomic mass is 32.2. The molecule has 1 aliphatic heterocycles. The second-order valence-corrected chi connectivity index (χ2v) is 12.9. The molecule has 0 aliphatic carbocycles. The standard InChI is InChI=1S/C26H29F2N5O5S2/c1-26(2,3)38-25(35)33-13-11-16(12-14-33)32-40(36,37)17-9-7-15(8-10-17)30-24-31-23(29)22(39-24)21(34)20-18(27)5-4-6-19(20)28/h4-10,16,32H,11-14,29H2,1-3H3,(H,30,31). The van der Waals surface area contributed by atoms with Crippen LogP contribution >= 0.6 is 11.3 Å². The van der Waals surface area contributed by atoms with Gasteiger partial charge < -0.3 is 20.7 Å². The largest absolute Gasteiger partial charge is 0.444 e. The summed E-state index contributed by atoms with van der Waals surface area (Å²) in [5.74, 6) is -3.14. The Kier molecular flexibility index (Phi) is 8.42. The maximum absolute atomic E-state index is 14.0. The molecule has 2 aromatic carbocycles. The molecule has 10 nitrogen and oxygen atoms in total. The number of carbonyl (C=O) groups is 2. The van der Waals surface area contributed by atoms with Gasteiger partial charge in [0.15, 0.2) is 5.13 Å². The molecule has 0 spiro atoms. The van der Waals surface area contributed by atoms with Crippen LogP contribution in [0.25, 0.3) is 0 Å². The van der Waals surface area contributed by atoms with Gasteiger partial charge in [0, 0.05) is 24.8 Å². The van der Waals surface area contributed by atoms with Crippen LogP contribution in [0.15, 0.2) is 47.4 Å². The van der Waals surface area contributed by atoms with Gasteiger partial charge >= 0.3 is 6.09 Å². The fourth-order valence-corrected chi connectivity index (χ4v) is 6.17. The summed E-state index contributed by atoms with van der Waals surface area (Å²) in [4.78, 5) is 30.4. The Morgan fingerprint density at radius 1 is 1.07 bits per heavy atom. The Balaban J connectivity index is 1.37. The number of piperidine rings is 1. The van der Waals surface area contributed by atoms with Crippen LogP contribution in [0.2, 0.25) is 0 Å². The normalized spacial score (nSPS) is 14.7. The molecule has 1 aromatic heterocycles. The van der Waals surface area contributed by atoms with Gasteiger partial charge in [-0.1, -0.05) is 17.4 Å². The number of ketones is 1. The zero-order chi connectivity index (χ0) is 29.2. The molecule has 1 amide bonds. The minimum Gasteiger partial charge on any atom is -0.444 e. The molecular weight excluding hydrogens is 564 g/mol. The lowest BCUT2D eigenvalue weighted by atomic mass is 10.1. The van der Waals surface area contributed by atoms with Gasteiger partial charge in [0.25, 0.3) is 0 Å². The van der Waals surface area contributed by atoms with Crippen molar-refractivity contribution in [3.8, 4) is 0 Å². The average Bonchev–Trinajstić information content (AvgIpc) is 3.23. The summed E-state index contributed by atoms with van der Waals surface area (Å²) in [6, 6.07) is 8.59. The van der Waals surface area contributed by atoms with Crippen molar-refractivity contribution in [1.82, 2.24) is 14.6 Å². The number of amides is 1. The third-order valence-corrected chi connectivity index (χ3v) is 8.46. The fourth-order valence-electron chi connectivity index (χ4n) is 4.01. The molecule has 4 N–H and O–H groups in total. The maximum atomic E-state index is 14.0. The van der Waals surface area contributed by atoms with E-state index in [1.54, 1.807) is 25.7 Å². The van der Waals surface area contributed by atoms with Gasteiger partial charge in [-0.3, -0.25) is 4.79 Å². The smallest absolute Gasteiger partial charge is 0.410 e. The van der Waals surface area contributed by atoms with Gasteiger partial charge in [0.1, 0.15) is 27.9 Å². The molecule has 1 saturated heterocycles. The Bertz CT molecular complexity index is 1490. The highest BCUT2D eigenvalue weighted by Gasteiger charge is 2.29. The Morgan fingerprint density at radius 2 is 1.68 bits per heavy atom. The monoisotopic (exact) mass is 593 g/mol. The van der Waals surface area contributed by atoms with Crippen molar-refractivity contribution in [3.63, 3.8) is 0 Å². The maximum Gasteiger partial charge on any atom is 0.410 e. The van der Waals surface area contributed by atoms with E-state index in [-0.39, 0.29) is 26.8 Å². The van der Waals surface area contributed by atoms with E-state index in [0.717, 1.165) is 29.5 Å². The zero-order valence-corrected chi connectivity index (χ0v) is 23.7. The first kappa shape index (κ1) is 29.4. The van der Waals surface area contributed by atoms with E-state index < -0.39 is 44.7 Å². The summed E-state index contributed by atoms with van der Waals surface area (Å²) in [5, 5.41) is 3.10. The Labute approximate surface area is 234 Å². The van der Waals surface area contributed by atoms with Crippen molar-refractivity contribution in [2.24, 2.45) is 0 Å². The van der Waals surface area contributed by atoms with Crippen LogP contribution in [0, 0.1) is 11.6 Å². The van der Waals surface area contributed by atoms with Crippen LogP contribution < -0.4 is 15.8 Å². The number of halogens is 2. The summed E-state index contributed by atoms with van der Waals surface area (Å²) in [6.45, 7) is 6.10. The molecule has 2 heterocycles. The summed E-state index contributed by atoms with van der Waals surface area (Å²) >= 11 is 0.815. The van der Waals surface area contributed by atoms with E-state index in [4.69, 9.17) is 10.5 Å². The summed E-state index contributed by atoms with van der Waals surface area (Å²) in [5.41, 5.74) is 4.96. The van der Waals surface area contributed by atoms with Crippen molar-refractivity contribution >= 4 is 49.9 Å². The van der Waals surface area contributed by atoms with Crippen LogP contribution in [-0.2, 0) is 14.8 Å². The fraction of sp³-hybridized carbons (Fsp3) is 0.346. The highest BCUT2D eigenvalue weighted by molar-refractivity contribution is 7.89. The number of carbonyl (C=O) groups excluding carboxylic acids is 2. The van der Waals surface area contributed by atoms with E-state index in [1.807, 2.05) is 0 Å². The summed E-state index contributed by atoms with van der Waals surface area (Å²) in [7, 11) is -3.83. The number of ether oxygens (including phenoxy) is 1. The number of nitrogens with zero attached hydrogens (tertiary/aromatic N) is 2. The lowest BCUT2D eigenvalue weighted by Crippen LogP contribution is -2.47. The molecule has 0 saturated carbocycles. The summed E-state index contributed by atoms with van der Waals surface area (Å²) < 4.78 is 62.0. The lowest BCUT2D eigenvalue weighted by molar-refractivity contribution is 0.0203. The van der Waals surface area contributed by atoms with Gasteiger partial charge in [0.2, 0.25) is 15.8 Å². The Hall–Kier alpha value is -3.62. The van der Waals surface area contributed by atoms with Crippen LogP contribution in [0.1, 0.15) is 48.8 Å². The zero-order valence-electron chi connectivity index (χ0n) is 22.0. The number of nitrogens with two attached hydrogens (primary N) is 1. The van der Waals surface area contributed by atoms with Crippen LogP contribution in [0.5, 0.6) is 0 Å². The number of nitrogen functional groups attached to an aromatic ring is 1. The van der Waals surface area contributed by atoms with Crippen LogP contribution in [0.3, 0.4) is 0 Å².